The van der Waals surface area contributed by atoms with Gasteiger partial charge in [-0.25, -0.2) is 0 Å². The molecule has 1 atom stereocenters. The second-order valence-electron chi connectivity index (χ2n) is 12.1. The van der Waals surface area contributed by atoms with Crippen LogP contribution in [0.15, 0.2) is 150 Å². The summed E-state index contributed by atoms with van der Waals surface area (Å²) in [5, 5.41) is 9.76. The van der Waals surface area contributed by atoms with E-state index in [0.717, 1.165) is 23.0 Å². The molecule has 0 aliphatic heterocycles. The van der Waals surface area contributed by atoms with E-state index in [0.29, 0.717) is 5.92 Å². The highest BCUT2D eigenvalue weighted by Gasteiger charge is 2.20. The van der Waals surface area contributed by atoms with Gasteiger partial charge >= 0.3 is 0 Å². The Morgan fingerprint density at radius 2 is 1.18 bits per heavy atom. The maximum Gasteiger partial charge on any atom is 0.136 e. The average Bonchev–Trinajstić information content (AvgIpc) is 3.44. The molecule has 0 amide bonds. The molecule has 208 valence electrons. The molecular formula is C43H30O. The van der Waals surface area contributed by atoms with Crippen LogP contribution < -0.4 is 0 Å². The lowest BCUT2D eigenvalue weighted by molar-refractivity contribution is 0.669. The maximum absolute atomic E-state index is 6.51. The van der Waals surface area contributed by atoms with Gasteiger partial charge in [0.25, 0.3) is 0 Å². The molecule has 1 nitrogen and oxygen atoms in total. The van der Waals surface area contributed by atoms with Crippen molar-refractivity contribution < 1.29 is 4.42 Å². The molecule has 0 fully saturated rings. The van der Waals surface area contributed by atoms with Gasteiger partial charge in [0.1, 0.15) is 11.2 Å². The Hall–Kier alpha value is -5.40. The normalized spacial score (nSPS) is 15.1. The Morgan fingerprint density at radius 3 is 1.89 bits per heavy atom. The SMILES string of the molecule is CC1C=CC(c2cccc(-c3c4ccccc4c(-c4cccc5oc6cc7ccccc7cc6c45)c4ccccc34)c2)=CC1. The number of rotatable bonds is 3. The molecule has 0 bridgehead atoms. The lowest BCUT2D eigenvalue weighted by atomic mass is 9.84. The smallest absolute Gasteiger partial charge is 0.136 e. The molecule has 0 spiro atoms. The first-order chi connectivity index (χ1) is 21.7. The average molecular weight is 563 g/mol. The third kappa shape index (κ3) is 3.86. The molecule has 1 unspecified atom stereocenters. The van der Waals surface area contributed by atoms with E-state index in [1.54, 1.807) is 0 Å². The summed E-state index contributed by atoms with van der Waals surface area (Å²) in [6.07, 6.45) is 8.07. The van der Waals surface area contributed by atoms with Crippen molar-refractivity contribution in [1.29, 1.82) is 0 Å². The van der Waals surface area contributed by atoms with Crippen molar-refractivity contribution in [2.75, 3.05) is 0 Å². The first-order valence-electron chi connectivity index (χ1n) is 15.5. The Morgan fingerprint density at radius 1 is 0.545 bits per heavy atom. The summed E-state index contributed by atoms with van der Waals surface area (Å²) in [6, 6.07) is 46.4. The Bertz CT molecular complexity index is 2430. The zero-order valence-corrected chi connectivity index (χ0v) is 24.5. The molecule has 0 saturated carbocycles. The second-order valence-corrected chi connectivity index (χ2v) is 12.1. The fourth-order valence-corrected chi connectivity index (χ4v) is 7.25. The molecule has 0 saturated heterocycles. The molecule has 9 rings (SSSR count). The van der Waals surface area contributed by atoms with Gasteiger partial charge in [0, 0.05) is 10.8 Å². The molecule has 1 heteroatoms. The molecule has 44 heavy (non-hydrogen) atoms. The minimum absolute atomic E-state index is 0.595. The van der Waals surface area contributed by atoms with Crippen LogP contribution in [-0.2, 0) is 0 Å². The van der Waals surface area contributed by atoms with Crippen LogP contribution >= 0.6 is 0 Å². The van der Waals surface area contributed by atoms with Gasteiger partial charge < -0.3 is 4.42 Å². The van der Waals surface area contributed by atoms with Gasteiger partial charge in [-0.2, -0.15) is 0 Å². The number of benzene rings is 7. The van der Waals surface area contributed by atoms with Crippen LogP contribution in [0.2, 0.25) is 0 Å². The van der Waals surface area contributed by atoms with Crippen LogP contribution in [0.4, 0.5) is 0 Å². The molecule has 8 aromatic rings. The molecule has 1 aliphatic rings. The third-order valence-electron chi connectivity index (χ3n) is 9.36. The van der Waals surface area contributed by atoms with Crippen molar-refractivity contribution in [1.82, 2.24) is 0 Å². The molecular weight excluding hydrogens is 532 g/mol. The molecule has 7 aromatic carbocycles. The van der Waals surface area contributed by atoms with Gasteiger partial charge in [0.15, 0.2) is 0 Å². The summed E-state index contributed by atoms with van der Waals surface area (Å²) in [4.78, 5) is 0. The summed E-state index contributed by atoms with van der Waals surface area (Å²) in [6.45, 7) is 2.27. The number of hydrogen-bond donors (Lipinski definition) is 0. The summed E-state index contributed by atoms with van der Waals surface area (Å²) < 4.78 is 6.51. The zero-order valence-electron chi connectivity index (χ0n) is 24.5. The molecule has 0 N–H and O–H groups in total. The van der Waals surface area contributed by atoms with Gasteiger partial charge in [-0.1, -0.05) is 128 Å². The van der Waals surface area contributed by atoms with E-state index in [2.05, 4.69) is 153 Å². The van der Waals surface area contributed by atoms with E-state index in [1.165, 1.54) is 71.1 Å². The monoisotopic (exact) mass is 562 g/mol. The van der Waals surface area contributed by atoms with Crippen molar-refractivity contribution in [3.05, 3.63) is 151 Å². The van der Waals surface area contributed by atoms with Crippen LogP contribution in [0.5, 0.6) is 0 Å². The van der Waals surface area contributed by atoms with Crippen molar-refractivity contribution in [3.63, 3.8) is 0 Å². The molecule has 1 aliphatic carbocycles. The Kier molecular flexibility index (Phi) is 5.61. The van der Waals surface area contributed by atoms with E-state index < -0.39 is 0 Å². The number of allylic oxidation sites excluding steroid dienone is 4. The predicted molar refractivity (Wildman–Crippen MR) is 188 cm³/mol. The highest BCUT2D eigenvalue weighted by molar-refractivity contribution is 6.26. The number of fused-ring (bicyclic) bond motifs is 6. The van der Waals surface area contributed by atoms with Gasteiger partial charge in [-0.3, -0.25) is 0 Å². The Balaban J connectivity index is 1.36. The molecule has 1 aromatic heterocycles. The molecule has 1 heterocycles. The second kappa shape index (κ2) is 9.82. The summed E-state index contributed by atoms with van der Waals surface area (Å²) in [7, 11) is 0. The van der Waals surface area contributed by atoms with Crippen molar-refractivity contribution in [2.24, 2.45) is 5.92 Å². The standard InChI is InChI=1S/C43H30O/c1-27-20-22-28(23-21-27)29-12-8-13-32(24-29)41-33-14-4-6-16-35(33)42(36-17-7-5-15-34(36)41)37-18-9-19-39-43(37)38-25-30-10-2-3-11-31(30)26-40(38)44-39/h2-20,22-27H,21H2,1H3. The highest BCUT2D eigenvalue weighted by Crippen LogP contribution is 2.47. The van der Waals surface area contributed by atoms with Crippen LogP contribution in [0.25, 0.3) is 82.1 Å². The summed E-state index contributed by atoms with van der Waals surface area (Å²) in [5.74, 6) is 0.595. The van der Waals surface area contributed by atoms with Crippen LogP contribution in [0.1, 0.15) is 18.9 Å². The summed E-state index contributed by atoms with van der Waals surface area (Å²) >= 11 is 0. The van der Waals surface area contributed by atoms with Crippen molar-refractivity contribution in [2.45, 2.75) is 13.3 Å². The fourth-order valence-electron chi connectivity index (χ4n) is 7.25. The van der Waals surface area contributed by atoms with Crippen molar-refractivity contribution in [3.8, 4) is 22.3 Å². The van der Waals surface area contributed by atoms with E-state index in [1.807, 2.05) is 0 Å². The predicted octanol–water partition coefficient (Wildman–Crippen LogP) is 12.4. The minimum Gasteiger partial charge on any atom is -0.456 e. The van der Waals surface area contributed by atoms with E-state index in [4.69, 9.17) is 4.42 Å². The minimum atomic E-state index is 0.595. The van der Waals surface area contributed by atoms with E-state index in [9.17, 15) is 0 Å². The maximum atomic E-state index is 6.51. The topological polar surface area (TPSA) is 13.1 Å². The first kappa shape index (κ1) is 25.1. The lowest BCUT2D eigenvalue weighted by Gasteiger charge is -2.19. The fraction of sp³-hybridized carbons (Fsp3) is 0.0698. The highest BCUT2D eigenvalue weighted by atomic mass is 16.3. The van der Waals surface area contributed by atoms with E-state index in [-0.39, 0.29) is 0 Å². The quantitative estimate of drug-likeness (QED) is 0.195. The lowest BCUT2D eigenvalue weighted by Crippen LogP contribution is -1.95. The summed E-state index contributed by atoms with van der Waals surface area (Å²) in [5.41, 5.74) is 9.40. The van der Waals surface area contributed by atoms with Gasteiger partial charge in [-0.05, 0) is 102 Å². The van der Waals surface area contributed by atoms with Crippen LogP contribution in [0.3, 0.4) is 0 Å². The Labute approximate surface area is 256 Å². The number of hydrogen-bond acceptors (Lipinski definition) is 1. The van der Waals surface area contributed by atoms with Crippen molar-refractivity contribution >= 4 is 59.8 Å². The van der Waals surface area contributed by atoms with Gasteiger partial charge in [0.2, 0.25) is 0 Å². The molecule has 0 radical (unpaired) electrons. The van der Waals surface area contributed by atoms with Crippen LogP contribution in [0, 0.1) is 5.92 Å². The third-order valence-corrected chi connectivity index (χ3v) is 9.36. The first-order valence-corrected chi connectivity index (χ1v) is 15.5. The number of furan rings is 1. The van der Waals surface area contributed by atoms with E-state index >= 15 is 0 Å². The van der Waals surface area contributed by atoms with Gasteiger partial charge in [-0.15, -0.1) is 0 Å². The largest absolute Gasteiger partial charge is 0.456 e. The zero-order chi connectivity index (χ0) is 29.2. The van der Waals surface area contributed by atoms with Gasteiger partial charge in [0.05, 0.1) is 0 Å². The van der Waals surface area contributed by atoms with Crippen LogP contribution in [-0.4, -0.2) is 0 Å².